The SMILES string of the molecule is CC(=Nc1cccc(C(=O)O)c1)c1c(O)cc(C)oc1=O. The van der Waals surface area contributed by atoms with Crippen LogP contribution in [0.4, 0.5) is 5.69 Å². The molecule has 0 unspecified atom stereocenters. The molecule has 0 amide bonds. The number of rotatable bonds is 3. The standard InChI is InChI=1S/C15H13NO5/c1-8-6-12(17)13(15(20)21-8)9(2)16-11-5-3-4-10(7-11)14(18)19/h3-7,17H,1-2H3,(H,18,19). The lowest BCUT2D eigenvalue weighted by atomic mass is 10.1. The van der Waals surface area contributed by atoms with Crippen molar-refractivity contribution in [3.8, 4) is 5.75 Å². The summed E-state index contributed by atoms with van der Waals surface area (Å²) < 4.78 is 4.92. The molecule has 0 radical (unpaired) electrons. The molecule has 0 saturated carbocycles. The number of aromatic hydroxyl groups is 1. The van der Waals surface area contributed by atoms with Crippen LogP contribution >= 0.6 is 0 Å². The van der Waals surface area contributed by atoms with Crippen molar-refractivity contribution in [1.82, 2.24) is 0 Å². The van der Waals surface area contributed by atoms with E-state index in [1.54, 1.807) is 19.1 Å². The van der Waals surface area contributed by atoms with Gasteiger partial charge in [-0.25, -0.2) is 9.59 Å². The third-order valence-electron chi connectivity index (χ3n) is 2.81. The Kier molecular flexibility index (Phi) is 3.89. The van der Waals surface area contributed by atoms with Crippen LogP contribution in [0.3, 0.4) is 0 Å². The molecule has 2 aromatic rings. The minimum absolute atomic E-state index is 0.0404. The average Bonchev–Trinajstić information content (AvgIpc) is 2.37. The van der Waals surface area contributed by atoms with Crippen LogP contribution in [0.5, 0.6) is 5.75 Å². The number of hydrogen-bond donors (Lipinski definition) is 2. The van der Waals surface area contributed by atoms with Crippen LogP contribution in [0, 0.1) is 6.92 Å². The van der Waals surface area contributed by atoms with Crippen molar-refractivity contribution in [3.63, 3.8) is 0 Å². The quantitative estimate of drug-likeness (QED) is 0.845. The Balaban J connectivity index is 2.49. The van der Waals surface area contributed by atoms with Crippen LogP contribution in [0.25, 0.3) is 0 Å². The summed E-state index contributed by atoms with van der Waals surface area (Å²) in [4.78, 5) is 26.8. The van der Waals surface area contributed by atoms with Crippen molar-refractivity contribution in [2.75, 3.05) is 0 Å². The highest BCUT2D eigenvalue weighted by Gasteiger charge is 2.13. The Bertz CT molecular complexity index is 789. The van der Waals surface area contributed by atoms with Crippen LogP contribution in [-0.4, -0.2) is 21.9 Å². The van der Waals surface area contributed by atoms with Crippen LogP contribution in [0.15, 0.2) is 44.5 Å². The molecule has 1 aromatic carbocycles. The van der Waals surface area contributed by atoms with E-state index < -0.39 is 11.6 Å². The van der Waals surface area contributed by atoms with E-state index in [0.29, 0.717) is 11.4 Å². The Hall–Kier alpha value is -2.89. The van der Waals surface area contributed by atoms with Crippen molar-refractivity contribution in [2.24, 2.45) is 4.99 Å². The number of aliphatic imine (C=N–C) groups is 1. The highest BCUT2D eigenvalue weighted by Crippen LogP contribution is 2.19. The number of hydrogen-bond acceptors (Lipinski definition) is 5. The second-order valence-corrected chi connectivity index (χ2v) is 4.46. The van der Waals surface area contributed by atoms with Crippen molar-refractivity contribution in [1.29, 1.82) is 0 Å². The number of carboxylic acid groups (broad SMARTS) is 1. The molecule has 1 aromatic heterocycles. The van der Waals surface area contributed by atoms with E-state index in [0.717, 1.165) is 0 Å². The molecule has 0 atom stereocenters. The molecule has 0 saturated heterocycles. The Labute approximate surface area is 120 Å². The first-order valence-corrected chi connectivity index (χ1v) is 6.11. The lowest BCUT2D eigenvalue weighted by Crippen LogP contribution is -2.12. The van der Waals surface area contributed by atoms with Gasteiger partial charge in [-0.05, 0) is 32.0 Å². The zero-order chi connectivity index (χ0) is 15.6. The summed E-state index contributed by atoms with van der Waals surface area (Å²) in [6.45, 7) is 3.09. The van der Waals surface area contributed by atoms with Crippen molar-refractivity contribution in [3.05, 3.63) is 57.6 Å². The van der Waals surface area contributed by atoms with Gasteiger partial charge < -0.3 is 14.6 Å². The predicted octanol–water partition coefficient (Wildman–Crippen LogP) is 2.49. The maximum atomic E-state index is 11.8. The van der Waals surface area contributed by atoms with Gasteiger partial charge in [-0.15, -0.1) is 0 Å². The second kappa shape index (κ2) is 5.62. The number of carboxylic acids is 1. The third-order valence-corrected chi connectivity index (χ3v) is 2.81. The normalized spacial score (nSPS) is 11.4. The highest BCUT2D eigenvalue weighted by molar-refractivity contribution is 6.02. The molecule has 0 spiro atoms. The first-order chi connectivity index (χ1) is 9.88. The van der Waals surface area contributed by atoms with Gasteiger partial charge in [0.05, 0.1) is 17.0 Å². The van der Waals surface area contributed by atoms with Crippen LogP contribution < -0.4 is 5.63 Å². The van der Waals surface area contributed by atoms with Gasteiger partial charge in [-0.2, -0.15) is 0 Å². The van der Waals surface area contributed by atoms with Gasteiger partial charge in [0.15, 0.2) is 0 Å². The molecule has 2 rings (SSSR count). The molecule has 21 heavy (non-hydrogen) atoms. The summed E-state index contributed by atoms with van der Waals surface area (Å²) >= 11 is 0. The molecule has 0 aliphatic carbocycles. The Morgan fingerprint density at radius 3 is 2.62 bits per heavy atom. The predicted molar refractivity (Wildman–Crippen MR) is 76.7 cm³/mol. The van der Waals surface area contributed by atoms with Crippen molar-refractivity contribution < 1.29 is 19.4 Å². The van der Waals surface area contributed by atoms with Gasteiger partial charge >= 0.3 is 11.6 Å². The Morgan fingerprint density at radius 2 is 2.00 bits per heavy atom. The minimum atomic E-state index is -1.07. The number of benzene rings is 1. The lowest BCUT2D eigenvalue weighted by molar-refractivity contribution is 0.0697. The largest absolute Gasteiger partial charge is 0.507 e. The summed E-state index contributed by atoms with van der Waals surface area (Å²) in [5, 5.41) is 18.8. The first kappa shape index (κ1) is 14.5. The highest BCUT2D eigenvalue weighted by atomic mass is 16.4. The van der Waals surface area contributed by atoms with E-state index in [9.17, 15) is 14.7 Å². The number of nitrogens with zero attached hydrogens (tertiary/aromatic N) is 1. The monoisotopic (exact) mass is 287 g/mol. The molecular formula is C15H13NO5. The molecular weight excluding hydrogens is 274 g/mol. The summed E-state index contributed by atoms with van der Waals surface area (Å²) in [6, 6.07) is 7.28. The third kappa shape index (κ3) is 3.17. The van der Waals surface area contributed by atoms with Crippen LogP contribution in [0.1, 0.15) is 28.6 Å². The summed E-state index contributed by atoms with van der Waals surface area (Å²) in [5.74, 6) is -0.997. The fourth-order valence-corrected chi connectivity index (χ4v) is 1.89. The molecule has 108 valence electrons. The minimum Gasteiger partial charge on any atom is -0.507 e. The molecule has 1 heterocycles. The molecule has 6 nitrogen and oxygen atoms in total. The van der Waals surface area contributed by atoms with Gasteiger partial charge in [-0.3, -0.25) is 4.99 Å². The fourth-order valence-electron chi connectivity index (χ4n) is 1.89. The smallest absolute Gasteiger partial charge is 0.348 e. The fraction of sp³-hybridized carbons (Fsp3) is 0.133. The Morgan fingerprint density at radius 1 is 1.29 bits per heavy atom. The van der Waals surface area contributed by atoms with Gasteiger partial charge in [0, 0.05) is 6.07 Å². The zero-order valence-corrected chi connectivity index (χ0v) is 11.5. The van der Waals surface area contributed by atoms with E-state index in [1.165, 1.54) is 25.1 Å². The number of carbonyl (C=O) groups is 1. The molecule has 0 aliphatic heterocycles. The maximum Gasteiger partial charge on any atom is 0.348 e. The summed E-state index contributed by atoms with van der Waals surface area (Å²) in [7, 11) is 0. The topological polar surface area (TPSA) is 100 Å². The van der Waals surface area contributed by atoms with Crippen molar-refractivity contribution in [2.45, 2.75) is 13.8 Å². The average molecular weight is 287 g/mol. The summed E-state index contributed by atoms with van der Waals surface area (Å²) in [5.41, 5.74) is -0.0377. The number of aromatic carboxylic acids is 1. The van der Waals surface area contributed by atoms with E-state index in [4.69, 9.17) is 9.52 Å². The van der Waals surface area contributed by atoms with Gasteiger partial charge in [-0.1, -0.05) is 6.07 Å². The van der Waals surface area contributed by atoms with Gasteiger partial charge in [0.2, 0.25) is 0 Å². The molecule has 2 N–H and O–H groups in total. The van der Waals surface area contributed by atoms with Gasteiger partial charge in [0.25, 0.3) is 0 Å². The maximum absolute atomic E-state index is 11.8. The van der Waals surface area contributed by atoms with Crippen molar-refractivity contribution >= 4 is 17.4 Å². The number of aryl methyl sites for hydroxylation is 1. The lowest BCUT2D eigenvalue weighted by Gasteiger charge is -2.04. The van der Waals surface area contributed by atoms with Gasteiger partial charge in [0.1, 0.15) is 17.1 Å². The molecule has 0 aliphatic rings. The van der Waals surface area contributed by atoms with Crippen LogP contribution in [0.2, 0.25) is 0 Å². The van der Waals surface area contributed by atoms with E-state index in [-0.39, 0.29) is 22.6 Å². The molecule has 6 heteroatoms. The van der Waals surface area contributed by atoms with E-state index in [2.05, 4.69) is 4.99 Å². The summed E-state index contributed by atoms with van der Waals surface area (Å²) in [6.07, 6.45) is 0. The first-order valence-electron chi connectivity index (χ1n) is 6.11. The zero-order valence-electron chi connectivity index (χ0n) is 11.5. The van der Waals surface area contributed by atoms with E-state index >= 15 is 0 Å². The van der Waals surface area contributed by atoms with E-state index in [1.807, 2.05) is 0 Å². The van der Waals surface area contributed by atoms with Crippen LogP contribution in [-0.2, 0) is 0 Å². The second-order valence-electron chi connectivity index (χ2n) is 4.46. The molecule has 0 fully saturated rings. The molecule has 0 bridgehead atoms.